The number of rotatable bonds is 5. The molecule has 1 aliphatic rings. The van der Waals surface area contributed by atoms with Gasteiger partial charge in [-0.3, -0.25) is 14.0 Å². The number of fused-ring (bicyclic) bond motifs is 4. The van der Waals surface area contributed by atoms with Crippen LogP contribution < -0.4 is 5.69 Å². The van der Waals surface area contributed by atoms with E-state index in [1.807, 2.05) is 24.3 Å². The molecule has 1 aliphatic heterocycles. The number of sulfone groups is 1. The average molecular weight is 556 g/mol. The van der Waals surface area contributed by atoms with Crippen molar-refractivity contribution in [3.8, 4) is 16.9 Å². The lowest BCUT2D eigenvalue weighted by Gasteiger charge is -2.31. The Morgan fingerprint density at radius 1 is 1.05 bits per heavy atom. The summed E-state index contributed by atoms with van der Waals surface area (Å²) < 4.78 is 32.6. The first kappa shape index (κ1) is 24.9. The molecule has 7 rings (SSSR count). The van der Waals surface area contributed by atoms with Gasteiger partial charge in [0.2, 0.25) is 0 Å². The van der Waals surface area contributed by atoms with Gasteiger partial charge in [-0.05, 0) is 67.4 Å². The molecule has 1 N–H and O–H groups in total. The summed E-state index contributed by atoms with van der Waals surface area (Å²) in [5.41, 5.74) is 6.80. The summed E-state index contributed by atoms with van der Waals surface area (Å²) in [6.45, 7) is 2.37. The van der Waals surface area contributed by atoms with Crippen molar-refractivity contribution < 1.29 is 12.8 Å². The molecule has 0 unspecified atom stereocenters. The van der Waals surface area contributed by atoms with Crippen LogP contribution in [0.3, 0.4) is 0 Å². The van der Waals surface area contributed by atoms with Crippen LogP contribution in [-0.4, -0.2) is 57.0 Å². The SMILES string of the molecule is Cn1c(=O)n(-c2ccc3occc3c2)c2c3cc(-c4ccc(CN5CCC(S(C)(=O)=O)CC5)cc4)[nH]c3ncc21. The molecule has 0 spiro atoms. The monoisotopic (exact) mass is 555 g/mol. The fourth-order valence-electron chi connectivity index (χ4n) is 5.91. The second-order valence-electron chi connectivity index (χ2n) is 10.8. The van der Waals surface area contributed by atoms with Crippen LogP contribution in [0.2, 0.25) is 0 Å². The molecular weight excluding hydrogens is 526 g/mol. The van der Waals surface area contributed by atoms with Crippen molar-refractivity contribution in [2.45, 2.75) is 24.6 Å². The fourth-order valence-corrected chi connectivity index (χ4v) is 6.98. The minimum Gasteiger partial charge on any atom is -0.464 e. The van der Waals surface area contributed by atoms with Gasteiger partial charge in [-0.25, -0.2) is 18.2 Å². The van der Waals surface area contributed by atoms with Crippen LogP contribution in [0.4, 0.5) is 0 Å². The van der Waals surface area contributed by atoms with E-state index in [-0.39, 0.29) is 10.9 Å². The average Bonchev–Trinajstić information content (AvgIpc) is 3.65. The Morgan fingerprint density at radius 2 is 1.82 bits per heavy atom. The number of piperidine rings is 1. The fraction of sp³-hybridized carbons (Fsp3) is 0.267. The van der Waals surface area contributed by atoms with Gasteiger partial charge in [-0.1, -0.05) is 24.3 Å². The van der Waals surface area contributed by atoms with Gasteiger partial charge in [0.05, 0.1) is 34.4 Å². The predicted octanol–water partition coefficient (Wildman–Crippen LogP) is 4.63. The largest absolute Gasteiger partial charge is 0.464 e. The molecule has 0 bridgehead atoms. The second-order valence-corrected chi connectivity index (χ2v) is 13.1. The molecule has 1 fully saturated rings. The summed E-state index contributed by atoms with van der Waals surface area (Å²) in [5, 5.41) is 1.58. The lowest BCUT2D eigenvalue weighted by Crippen LogP contribution is -2.38. The lowest BCUT2D eigenvalue weighted by atomic mass is 10.1. The summed E-state index contributed by atoms with van der Waals surface area (Å²) in [6, 6.07) is 18.1. The number of nitrogens with one attached hydrogen (secondary N) is 1. The molecule has 6 aromatic rings. The number of furan rings is 1. The first-order valence-electron chi connectivity index (χ1n) is 13.3. The lowest BCUT2D eigenvalue weighted by molar-refractivity contribution is 0.222. The van der Waals surface area contributed by atoms with Crippen LogP contribution in [0.1, 0.15) is 18.4 Å². The quantitative estimate of drug-likeness (QED) is 0.333. The van der Waals surface area contributed by atoms with E-state index < -0.39 is 9.84 Å². The summed E-state index contributed by atoms with van der Waals surface area (Å²) in [7, 11) is -1.20. The normalized spacial score (nSPS) is 15.6. The smallest absolute Gasteiger partial charge is 0.333 e. The number of likely N-dealkylation sites (tertiary alicyclic amines) is 1. The summed E-state index contributed by atoms with van der Waals surface area (Å²) in [6.07, 6.45) is 6.10. The minimum atomic E-state index is -2.97. The number of imidazole rings is 1. The van der Waals surface area contributed by atoms with Gasteiger partial charge in [0, 0.05) is 36.3 Å². The molecule has 5 heterocycles. The number of benzene rings is 2. The highest BCUT2D eigenvalue weighted by molar-refractivity contribution is 7.91. The number of aryl methyl sites for hydroxylation is 1. The predicted molar refractivity (Wildman–Crippen MR) is 157 cm³/mol. The van der Waals surface area contributed by atoms with E-state index in [9.17, 15) is 13.2 Å². The second kappa shape index (κ2) is 9.21. The number of nitrogens with zero attached hydrogens (tertiary/aromatic N) is 4. The third-order valence-electron chi connectivity index (χ3n) is 8.18. The van der Waals surface area contributed by atoms with Crippen LogP contribution in [-0.2, 0) is 23.4 Å². The number of H-pyrrole nitrogens is 1. The molecule has 4 aromatic heterocycles. The highest BCUT2D eigenvalue weighted by Crippen LogP contribution is 2.31. The van der Waals surface area contributed by atoms with Gasteiger partial charge in [-0.2, -0.15) is 0 Å². The van der Waals surface area contributed by atoms with Crippen LogP contribution in [0.5, 0.6) is 0 Å². The van der Waals surface area contributed by atoms with E-state index in [1.54, 1.807) is 28.6 Å². The maximum Gasteiger partial charge on any atom is 0.333 e. The standard InChI is InChI=1S/C30H29N5O4S/c1-33-26-17-31-29-24(28(26)35(30(33)36)22-7-8-27-21(15-22)11-14-39-27)16-25(32-29)20-5-3-19(4-6-20)18-34-12-9-23(10-13-34)40(2,37)38/h3-8,11,14-17,23H,9-10,12-13,18H2,1-2H3,(H,31,32). The van der Waals surface area contributed by atoms with E-state index in [0.29, 0.717) is 18.5 Å². The Labute approximate surface area is 230 Å². The maximum absolute atomic E-state index is 13.4. The van der Waals surface area contributed by atoms with Crippen molar-refractivity contribution in [3.05, 3.63) is 83.1 Å². The summed E-state index contributed by atoms with van der Waals surface area (Å²) >= 11 is 0. The van der Waals surface area contributed by atoms with E-state index in [1.165, 1.54) is 11.8 Å². The Hall–Kier alpha value is -4.15. The Morgan fingerprint density at radius 3 is 2.58 bits per heavy atom. The van der Waals surface area contributed by atoms with E-state index in [4.69, 9.17) is 4.42 Å². The molecule has 204 valence electrons. The molecule has 0 amide bonds. The highest BCUT2D eigenvalue weighted by Gasteiger charge is 2.26. The van der Waals surface area contributed by atoms with Crippen molar-refractivity contribution in [3.63, 3.8) is 0 Å². The number of aromatic amines is 1. The zero-order chi connectivity index (χ0) is 27.6. The molecule has 10 heteroatoms. The zero-order valence-corrected chi connectivity index (χ0v) is 23.1. The Bertz CT molecular complexity index is 2060. The molecule has 0 aliphatic carbocycles. The van der Waals surface area contributed by atoms with Crippen molar-refractivity contribution in [1.82, 2.24) is 24.0 Å². The van der Waals surface area contributed by atoms with Crippen LogP contribution in [0, 0.1) is 0 Å². The van der Waals surface area contributed by atoms with Gasteiger partial charge in [0.1, 0.15) is 21.1 Å². The molecule has 2 aromatic carbocycles. The maximum atomic E-state index is 13.4. The summed E-state index contributed by atoms with van der Waals surface area (Å²) in [4.78, 5) is 23.8. The zero-order valence-electron chi connectivity index (χ0n) is 22.3. The van der Waals surface area contributed by atoms with Crippen molar-refractivity contribution >= 4 is 42.9 Å². The molecular formula is C30H29N5O4S. The van der Waals surface area contributed by atoms with E-state index in [2.05, 4.69) is 45.2 Å². The van der Waals surface area contributed by atoms with Crippen molar-refractivity contribution in [2.75, 3.05) is 19.3 Å². The first-order valence-corrected chi connectivity index (χ1v) is 15.3. The van der Waals surface area contributed by atoms with Gasteiger partial charge in [0.15, 0.2) is 0 Å². The Balaban J connectivity index is 1.21. The number of hydrogen-bond acceptors (Lipinski definition) is 6. The molecule has 0 radical (unpaired) electrons. The number of hydrogen-bond donors (Lipinski definition) is 1. The van der Waals surface area contributed by atoms with Crippen LogP contribution in [0.25, 0.3) is 50.0 Å². The molecule has 0 saturated carbocycles. The third kappa shape index (κ3) is 4.15. The first-order chi connectivity index (χ1) is 19.3. The van der Waals surface area contributed by atoms with Crippen LogP contribution in [0.15, 0.2) is 76.3 Å². The van der Waals surface area contributed by atoms with Gasteiger partial charge >= 0.3 is 5.69 Å². The van der Waals surface area contributed by atoms with E-state index >= 15 is 0 Å². The van der Waals surface area contributed by atoms with Crippen molar-refractivity contribution in [1.29, 1.82) is 0 Å². The molecule has 9 nitrogen and oxygen atoms in total. The molecule has 40 heavy (non-hydrogen) atoms. The summed E-state index contributed by atoms with van der Waals surface area (Å²) in [5.74, 6) is 0. The van der Waals surface area contributed by atoms with Gasteiger partial charge in [-0.15, -0.1) is 0 Å². The topological polar surface area (TPSA) is 106 Å². The third-order valence-corrected chi connectivity index (χ3v) is 9.86. The van der Waals surface area contributed by atoms with Gasteiger partial charge < -0.3 is 9.40 Å². The number of pyridine rings is 1. The van der Waals surface area contributed by atoms with Crippen LogP contribution >= 0.6 is 0 Å². The van der Waals surface area contributed by atoms with Gasteiger partial charge in [0.25, 0.3) is 0 Å². The Kier molecular flexibility index (Phi) is 5.72. The molecule has 1 saturated heterocycles. The van der Waals surface area contributed by atoms with Crippen molar-refractivity contribution in [2.24, 2.45) is 7.05 Å². The van der Waals surface area contributed by atoms with E-state index in [0.717, 1.165) is 64.0 Å². The minimum absolute atomic E-state index is 0.139. The highest BCUT2D eigenvalue weighted by atomic mass is 32.2. The molecule has 0 atom stereocenters. The number of aromatic nitrogens is 4.